The fourth-order valence-electron chi connectivity index (χ4n) is 3.40. The molecular weight excluding hydrogens is 320 g/mol. The van der Waals surface area contributed by atoms with Crippen LogP contribution in [0.5, 0.6) is 0 Å². The lowest BCUT2D eigenvalue weighted by Gasteiger charge is -2.09. The molecule has 0 fully saturated rings. The van der Waals surface area contributed by atoms with Gasteiger partial charge in [0.15, 0.2) is 12.6 Å². The van der Waals surface area contributed by atoms with Crippen molar-refractivity contribution in [2.75, 3.05) is 0 Å². The van der Waals surface area contributed by atoms with Crippen LogP contribution in [0.2, 0.25) is 0 Å². The van der Waals surface area contributed by atoms with Crippen LogP contribution in [0.3, 0.4) is 0 Å². The highest BCUT2D eigenvalue weighted by Gasteiger charge is 2.05. The van der Waals surface area contributed by atoms with Gasteiger partial charge in [-0.25, -0.2) is 0 Å². The van der Waals surface area contributed by atoms with Gasteiger partial charge < -0.3 is 0 Å². The molecule has 0 bridgehead atoms. The first kappa shape index (κ1) is 16.0. The van der Waals surface area contributed by atoms with Gasteiger partial charge in [0.05, 0.1) is 0 Å². The first-order valence-corrected chi connectivity index (χ1v) is 8.44. The molecule has 2 heteroatoms. The molecule has 5 aromatic carbocycles. The highest BCUT2D eigenvalue weighted by Crippen LogP contribution is 2.33. The van der Waals surface area contributed by atoms with E-state index in [0.29, 0.717) is 23.7 Å². The van der Waals surface area contributed by atoms with E-state index in [1.54, 1.807) is 24.3 Å². The van der Waals surface area contributed by atoms with Crippen molar-refractivity contribution in [3.05, 3.63) is 96.1 Å². The highest BCUT2D eigenvalue weighted by molar-refractivity contribution is 6.22. The minimum atomic E-state index is 0.442. The summed E-state index contributed by atoms with van der Waals surface area (Å²) in [6.45, 7) is 0. The molecule has 0 saturated carbocycles. The molecule has 0 aromatic heterocycles. The zero-order valence-electron chi connectivity index (χ0n) is 14.1. The number of hydrogen-bond donors (Lipinski definition) is 0. The largest absolute Gasteiger partial charge is 0.298 e. The lowest BCUT2D eigenvalue weighted by Crippen LogP contribution is -1.87. The summed E-state index contributed by atoms with van der Waals surface area (Å²) in [4.78, 5) is 20.5. The first-order valence-electron chi connectivity index (χ1n) is 8.44. The van der Waals surface area contributed by atoms with Crippen LogP contribution in [0.4, 0.5) is 0 Å². The number of carbonyl (C=O) groups excluding carboxylic acids is 2. The predicted octanol–water partition coefficient (Wildman–Crippen LogP) is 5.90. The molecule has 0 saturated heterocycles. The summed E-state index contributed by atoms with van der Waals surface area (Å²) in [5, 5.41) is 8.14. The number of aldehydes is 2. The van der Waals surface area contributed by atoms with Gasteiger partial charge in [0, 0.05) is 11.1 Å². The molecule has 5 rings (SSSR count). The maximum absolute atomic E-state index is 10.2. The summed E-state index contributed by atoms with van der Waals surface area (Å²) in [5.74, 6) is 0. The van der Waals surface area contributed by atoms with E-state index in [0.717, 1.165) is 0 Å². The Kier molecular flexibility index (Phi) is 4.16. The standard InChI is InChI=1S/C16H10.C8H6O2/c1-3-11-7-9-13-5-2-6-14-10-8-12(4-1)15(11)16(13)14;9-5-7-3-1-2-4-8(7)6-10/h1-10H;1-6H. The minimum Gasteiger partial charge on any atom is -0.298 e. The number of hydrogen-bond acceptors (Lipinski definition) is 2. The van der Waals surface area contributed by atoms with Gasteiger partial charge in [-0.3, -0.25) is 9.59 Å². The van der Waals surface area contributed by atoms with Crippen LogP contribution in [0.25, 0.3) is 32.3 Å². The molecular formula is C24H16O2. The smallest absolute Gasteiger partial charge is 0.150 e. The quantitative estimate of drug-likeness (QED) is 0.297. The van der Waals surface area contributed by atoms with E-state index in [1.807, 2.05) is 0 Å². The van der Waals surface area contributed by atoms with Gasteiger partial charge in [0.2, 0.25) is 0 Å². The van der Waals surface area contributed by atoms with Gasteiger partial charge in [0.1, 0.15) is 0 Å². The van der Waals surface area contributed by atoms with Crippen molar-refractivity contribution in [1.82, 2.24) is 0 Å². The Labute approximate surface area is 151 Å². The van der Waals surface area contributed by atoms with Crippen molar-refractivity contribution in [1.29, 1.82) is 0 Å². The number of rotatable bonds is 2. The lowest BCUT2D eigenvalue weighted by atomic mass is 9.95. The molecule has 124 valence electrons. The van der Waals surface area contributed by atoms with Crippen molar-refractivity contribution in [3.63, 3.8) is 0 Å². The fourth-order valence-corrected chi connectivity index (χ4v) is 3.40. The molecule has 0 radical (unpaired) electrons. The molecule has 0 unspecified atom stereocenters. The van der Waals surface area contributed by atoms with Crippen LogP contribution < -0.4 is 0 Å². The molecule has 5 aromatic rings. The number of benzene rings is 5. The molecule has 0 atom stereocenters. The van der Waals surface area contributed by atoms with E-state index in [1.165, 1.54) is 32.3 Å². The third kappa shape index (κ3) is 2.72. The van der Waals surface area contributed by atoms with Crippen molar-refractivity contribution < 1.29 is 9.59 Å². The minimum absolute atomic E-state index is 0.442. The predicted molar refractivity (Wildman–Crippen MR) is 107 cm³/mol. The maximum atomic E-state index is 10.2. The zero-order chi connectivity index (χ0) is 17.9. The second-order valence-corrected chi connectivity index (χ2v) is 6.15. The molecule has 26 heavy (non-hydrogen) atoms. The van der Waals surface area contributed by atoms with Gasteiger partial charge in [-0.15, -0.1) is 0 Å². The molecule has 0 N–H and O–H groups in total. The Morgan fingerprint density at radius 3 is 1.08 bits per heavy atom. The Morgan fingerprint density at radius 2 is 0.769 bits per heavy atom. The van der Waals surface area contributed by atoms with E-state index in [-0.39, 0.29) is 0 Å². The van der Waals surface area contributed by atoms with Crippen LogP contribution >= 0.6 is 0 Å². The van der Waals surface area contributed by atoms with Crippen molar-refractivity contribution in [2.45, 2.75) is 0 Å². The van der Waals surface area contributed by atoms with Gasteiger partial charge >= 0.3 is 0 Å². The van der Waals surface area contributed by atoms with Crippen LogP contribution in [0.1, 0.15) is 20.7 Å². The average molecular weight is 336 g/mol. The van der Waals surface area contributed by atoms with E-state index >= 15 is 0 Å². The van der Waals surface area contributed by atoms with Gasteiger partial charge in [-0.05, 0) is 32.3 Å². The number of carbonyl (C=O) groups is 2. The fraction of sp³-hybridized carbons (Fsp3) is 0. The topological polar surface area (TPSA) is 34.1 Å². The summed E-state index contributed by atoms with van der Waals surface area (Å²) in [6, 6.07) is 28.5. The summed E-state index contributed by atoms with van der Waals surface area (Å²) >= 11 is 0. The Bertz CT molecular complexity index is 1060. The Balaban J connectivity index is 0.000000146. The van der Waals surface area contributed by atoms with Crippen LogP contribution in [0.15, 0.2) is 84.9 Å². The molecule has 0 spiro atoms. The maximum Gasteiger partial charge on any atom is 0.150 e. The van der Waals surface area contributed by atoms with E-state index < -0.39 is 0 Å². The zero-order valence-corrected chi connectivity index (χ0v) is 14.1. The lowest BCUT2D eigenvalue weighted by molar-refractivity contribution is 0.109. The molecule has 0 amide bonds. The summed E-state index contributed by atoms with van der Waals surface area (Å²) < 4.78 is 0. The molecule has 0 aliphatic carbocycles. The summed E-state index contributed by atoms with van der Waals surface area (Å²) in [6.07, 6.45) is 1.34. The third-order valence-corrected chi connectivity index (χ3v) is 4.64. The van der Waals surface area contributed by atoms with Crippen LogP contribution in [-0.4, -0.2) is 12.6 Å². The SMILES string of the molecule is O=Cc1ccccc1C=O.c1cc2ccc3cccc4ccc(c1)c2c34. The van der Waals surface area contributed by atoms with Gasteiger partial charge in [-0.1, -0.05) is 84.9 Å². The van der Waals surface area contributed by atoms with E-state index in [9.17, 15) is 9.59 Å². The van der Waals surface area contributed by atoms with Gasteiger partial charge in [-0.2, -0.15) is 0 Å². The second kappa shape index (κ2) is 6.77. The molecule has 0 aliphatic heterocycles. The van der Waals surface area contributed by atoms with E-state index in [2.05, 4.69) is 60.7 Å². The van der Waals surface area contributed by atoms with Crippen molar-refractivity contribution in [3.8, 4) is 0 Å². The van der Waals surface area contributed by atoms with Gasteiger partial charge in [0.25, 0.3) is 0 Å². The average Bonchev–Trinajstić information content (AvgIpc) is 2.72. The van der Waals surface area contributed by atoms with Crippen molar-refractivity contribution in [2.24, 2.45) is 0 Å². The summed E-state index contributed by atoms with van der Waals surface area (Å²) in [7, 11) is 0. The molecule has 2 nitrogen and oxygen atoms in total. The molecule has 0 heterocycles. The highest BCUT2D eigenvalue weighted by atomic mass is 16.1. The van der Waals surface area contributed by atoms with Crippen LogP contribution in [-0.2, 0) is 0 Å². The third-order valence-electron chi connectivity index (χ3n) is 4.64. The monoisotopic (exact) mass is 336 g/mol. The first-order chi connectivity index (χ1) is 12.8. The molecule has 0 aliphatic rings. The van der Waals surface area contributed by atoms with Crippen LogP contribution in [0, 0.1) is 0 Å². The normalized spacial score (nSPS) is 10.6. The van der Waals surface area contributed by atoms with Crippen molar-refractivity contribution >= 4 is 44.9 Å². The summed E-state index contributed by atoms with van der Waals surface area (Å²) in [5.41, 5.74) is 0.884. The Morgan fingerprint density at radius 1 is 0.423 bits per heavy atom. The second-order valence-electron chi connectivity index (χ2n) is 6.15. The van der Waals surface area contributed by atoms with E-state index in [4.69, 9.17) is 0 Å². The Hall–Kier alpha value is -3.52.